The summed E-state index contributed by atoms with van der Waals surface area (Å²) in [7, 11) is 0. The molecule has 0 aliphatic rings. The Kier molecular flexibility index (Phi) is 5.01. The van der Waals surface area contributed by atoms with Crippen LogP contribution >= 0.6 is 0 Å². The van der Waals surface area contributed by atoms with E-state index in [-0.39, 0.29) is 6.29 Å². The van der Waals surface area contributed by atoms with E-state index in [1.807, 2.05) is 20.8 Å². The monoisotopic (exact) mass is 123 g/mol. The van der Waals surface area contributed by atoms with Crippen molar-refractivity contribution in [1.29, 1.82) is 0 Å². The van der Waals surface area contributed by atoms with E-state index < -0.39 is 0 Å². The van der Waals surface area contributed by atoms with E-state index in [1.165, 1.54) is 0 Å². The summed E-state index contributed by atoms with van der Waals surface area (Å²) in [5, 5.41) is 0. The fourth-order valence-electron chi connectivity index (χ4n) is 0.518. The summed E-state index contributed by atoms with van der Waals surface area (Å²) < 4.78 is 10.1. The van der Waals surface area contributed by atoms with Crippen LogP contribution in [0.2, 0.25) is 0 Å². The van der Waals surface area contributed by atoms with Crippen molar-refractivity contribution in [2.45, 2.75) is 27.1 Å². The third-order valence-corrected chi connectivity index (χ3v) is 0.803. The highest BCUT2D eigenvalue weighted by molar-refractivity contribution is 4.26. The number of rotatable bonds is 4. The van der Waals surface area contributed by atoms with Crippen LogP contribution in [0.3, 0.4) is 0 Å². The molecule has 0 bridgehead atoms. The third kappa shape index (κ3) is 4.09. The molecule has 0 N–H and O–H groups in total. The lowest BCUT2D eigenvalue weighted by Gasteiger charge is -2.09. The standard InChI is InChI=1S/C6H14O2/c1-4-7-6(3)8-5-2/h6H,4-5H2,1-3H3/i1+1,2+1,3+1,4+1,5+1. The molecule has 0 fully saturated rings. The van der Waals surface area contributed by atoms with Crippen molar-refractivity contribution in [3.8, 4) is 0 Å². The molecule has 2 nitrogen and oxygen atoms in total. The Labute approximate surface area is 50.8 Å². The summed E-state index contributed by atoms with van der Waals surface area (Å²) in [6.07, 6.45) is -0.0370. The molecule has 0 saturated carbocycles. The van der Waals surface area contributed by atoms with Crippen molar-refractivity contribution in [2.75, 3.05) is 13.2 Å². The molecule has 0 heterocycles. The lowest BCUT2D eigenvalue weighted by molar-refractivity contribution is -0.123. The topological polar surface area (TPSA) is 18.5 Å². The van der Waals surface area contributed by atoms with Gasteiger partial charge >= 0.3 is 0 Å². The molecule has 0 unspecified atom stereocenters. The smallest absolute Gasteiger partial charge is 0.154 e. The van der Waals surface area contributed by atoms with E-state index in [2.05, 4.69) is 0 Å². The van der Waals surface area contributed by atoms with Gasteiger partial charge in [0, 0.05) is 13.2 Å². The molecule has 0 amide bonds. The fourth-order valence-corrected chi connectivity index (χ4v) is 0.518. The Bertz CT molecular complexity index is 39.8. The summed E-state index contributed by atoms with van der Waals surface area (Å²) >= 11 is 0. The van der Waals surface area contributed by atoms with Gasteiger partial charge in [0.05, 0.1) is 0 Å². The van der Waals surface area contributed by atoms with Crippen molar-refractivity contribution in [1.82, 2.24) is 0 Å². The van der Waals surface area contributed by atoms with Gasteiger partial charge in [-0.2, -0.15) is 0 Å². The SMILES string of the molecule is [13CH3][13CH2]OC([13CH3])O[13CH2][13CH3]. The van der Waals surface area contributed by atoms with Crippen LogP contribution in [-0.2, 0) is 9.47 Å². The van der Waals surface area contributed by atoms with Crippen molar-refractivity contribution in [3.63, 3.8) is 0 Å². The maximum absolute atomic E-state index is 5.06. The van der Waals surface area contributed by atoms with Crippen LogP contribution in [0, 0.1) is 0 Å². The minimum atomic E-state index is -0.0370. The largest absolute Gasteiger partial charge is 0.353 e. The molecule has 0 aromatic carbocycles. The first kappa shape index (κ1) is 7.92. The van der Waals surface area contributed by atoms with E-state index in [9.17, 15) is 0 Å². The highest BCUT2D eigenvalue weighted by Gasteiger charge is 1.94. The summed E-state index contributed by atoms with van der Waals surface area (Å²) in [5.41, 5.74) is 0. The lowest BCUT2D eigenvalue weighted by Crippen LogP contribution is -2.11. The van der Waals surface area contributed by atoms with Crippen LogP contribution in [0.1, 0.15) is 20.8 Å². The van der Waals surface area contributed by atoms with Gasteiger partial charge in [-0.3, -0.25) is 0 Å². The van der Waals surface area contributed by atoms with Crippen molar-refractivity contribution in [2.24, 2.45) is 0 Å². The Morgan fingerprint density at radius 3 is 1.75 bits per heavy atom. The van der Waals surface area contributed by atoms with Crippen LogP contribution in [-0.4, -0.2) is 19.5 Å². The highest BCUT2D eigenvalue weighted by atomic mass is 16.7. The molecular weight excluding hydrogens is 109 g/mol. The number of hydrogen-bond donors (Lipinski definition) is 0. The predicted octanol–water partition coefficient (Wildman–Crippen LogP) is 1.41. The second-order valence-electron chi connectivity index (χ2n) is 1.48. The fraction of sp³-hybridized carbons (Fsp3) is 1.00. The molecule has 0 aliphatic carbocycles. The average Bonchev–Trinajstić information content (AvgIpc) is 1.68. The molecule has 0 rings (SSSR count). The first-order chi connectivity index (χ1) is 3.81. The average molecular weight is 123 g/mol. The van der Waals surface area contributed by atoms with Gasteiger partial charge in [0.15, 0.2) is 6.29 Å². The van der Waals surface area contributed by atoms with Crippen LogP contribution in [0.15, 0.2) is 0 Å². The number of hydrogen-bond acceptors (Lipinski definition) is 2. The zero-order valence-electron chi connectivity index (χ0n) is 5.81. The van der Waals surface area contributed by atoms with Crippen LogP contribution in [0.25, 0.3) is 0 Å². The van der Waals surface area contributed by atoms with E-state index in [1.54, 1.807) is 0 Å². The van der Waals surface area contributed by atoms with Crippen molar-refractivity contribution in [3.05, 3.63) is 0 Å². The molecule has 0 radical (unpaired) electrons. The van der Waals surface area contributed by atoms with Crippen LogP contribution < -0.4 is 0 Å². The first-order valence-electron chi connectivity index (χ1n) is 3.04. The first-order valence-corrected chi connectivity index (χ1v) is 3.04. The molecule has 0 aromatic rings. The van der Waals surface area contributed by atoms with Gasteiger partial charge in [-0.15, -0.1) is 0 Å². The molecule has 0 aliphatic heterocycles. The molecule has 0 saturated heterocycles. The summed E-state index contributed by atoms with van der Waals surface area (Å²) in [4.78, 5) is 0. The normalized spacial score (nSPS) is 10.5. The van der Waals surface area contributed by atoms with Crippen LogP contribution in [0.4, 0.5) is 0 Å². The lowest BCUT2D eigenvalue weighted by atomic mass is 11.0. The molecule has 50 valence electrons. The van der Waals surface area contributed by atoms with Crippen molar-refractivity contribution < 1.29 is 9.47 Å². The molecule has 0 atom stereocenters. The maximum atomic E-state index is 5.06. The Morgan fingerprint density at radius 2 is 1.50 bits per heavy atom. The summed E-state index contributed by atoms with van der Waals surface area (Å²) in [6.45, 7) is 7.25. The van der Waals surface area contributed by atoms with Gasteiger partial charge in [0.25, 0.3) is 0 Å². The van der Waals surface area contributed by atoms with Gasteiger partial charge in [-0.05, 0) is 20.8 Å². The summed E-state index contributed by atoms with van der Waals surface area (Å²) in [6, 6.07) is 0. The van der Waals surface area contributed by atoms with E-state index in [4.69, 9.17) is 9.47 Å². The van der Waals surface area contributed by atoms with Gasteiger partial charge in [-0.25, -0.2) is 0 Å². The van der Waals surface area contributed by atoms with Gasteiger partial charge < -0.3 is 9.47 Å². The van der Waals surface area contributed by atoms with E-state index >= 15 is 0 Å². The minimum absolute atomic E-state index is 0.0370. The van der Waals surface area contributed by atoms with E-state index in [0.29, 0.717) is 0 Å². The zero-order chi connectivity index (χ0) is 6.41. The van der Waals surface area contributed by atoms with Gasteiger partial charge in [0.1, 0.15) is 0 Å². The molecule has 8 heavy (non-hydrogen) atoms. The predicted molar refractivity (Wildman–Crippen MR) is 32.7 cm³/mol. The third-order valence-electron chi connectivity index (χ3n) is 0.803. The Balaban J connectivity index is 2.92. The minimum Gasteiger partial charge on any atom is -0.353 e. The Hall–Kier alpha value is -0.0800. The summed E-state index contributed by atoms with van der Waals surface area (Å²) in [5.74, 6) is 0. The maximum Gasteiger partial charge on any atom is 0.154 e. The van der Waals surface area contributed by atoms with Crippen LogP contribution in [0.5, 0.6) is 0 Å². The van der Waals surface area contributed by atoms with E-state index in [0.717, 1.165) is 13.2 Å². The molecule has 0 spiro atoms. The molecule has 2 heteroatoms. The molecule has 0 aromatic heterocycles. The van der Waals surface area contributed by atoms with Crippen molar-refractivity contribution >= 4 is 0 Å². The molecular formula is C6H14O2. The van der Waals surface area contributed by atoms with Gasteiger partial charge in [-0.1, -0.05) is 0 Å². The Morgan fingerprint density at radius 1 is 1.12 bits per heavy atom. The second-order valence-corrected chi connectivity index (χ2v) is 1.48. The highest BCUT2D eigenvalue weighted by Crippen LogP contribution is 1.90. The second kappa shape index (κ2) is 5.06. The zero-order valence-corrected chi connectivity index (χ0v) is 5.81. The van der Waals surface area contributed by atoms with Gasteiger partial charge in [0.2, 0.25) is 0 Å². The number of ether oxygens (including phenoxy) is 2. The quantitative estimate of drug-likeness (QED) is 0.415.